The summed E-state index contributed by atoms with van der Waals surface area (Å²) in [5.74, 6) is -0.162. The molecular weight excluding hydrogens is 429 g/mol. The number of sulfonamides is 1. The van der Waals surface area contributed by atoms with Crippen LogP contribution in [0.25, 0.3) is 12.2 Å². The van der Waals surface area contributed by atoms with Crippen molar-refractivity contribution >= 4 is 45.1 Å². The van der Waals surface area contributed by atoms with E-state index in [-0.39, 0.29) is 22.5 Å². The van der Waals surface area contributed by atoms with E-state index in [1.165, 1.54) is 30.3 Å². The molecule has 0 spiro atoms. The van der Waals surface area contributed by atoms with Crippen molar-refractivity contribution in [2.45, 2.75) is 31.0 Å². The normalized spacial score (nSPS) is 11.8. The Morgan fingerprint density at radius 2 is 1.93 bits per heavy atom. The molecule has 0 saturated carbocycles. The van der Waals surface area contributed by atoms with Crippen LogP contribution in [0.2, 0.25) is 0 Å². The zero-order valence-corrected chi connectivity index (χ0v) is 17.9. The molecule has 30 heavy (non-hydrogen) atoms. The molecule has 0 saturated heterocycles. The van der Waals surface area contributed by atoms with Gasteiger partial charge in [0.05, 0.1) is 0 Å². The minimum absolute atomic E-state index is 0.0590. The Bertz CT molecular complexity index is 1170. The molecule has 2 heterocycles. The van der Waals surface area contributed by atoms with Gasteiger partial charge in [-0.15, -0.1) is 11.3 Å². The lowest BCUT2D eigenvalue weighted by Gasteiger charge is -2.04. The number of hydrogen-bond donors (Lipinski definition) is 2. The van der Waals surface area contributed by atoms with Crippen molar-refractivity contribution in [1.29, 1.82) is 0 Å². The number of nitrogens with zero attached hydrogens (tertiary/aromatic N) is 1. The molecule has 3 rings (SSSR count). The number of aromatic nitrogens is 1. The van der Waals surface area contributed by atoms with Crippen LogP contribution in [0.4, 0.5) is 10.1 Å². The maximum Gasteiger partial charge on any atom is 0.250 e. The van der Waals surface area contributed by atoms with Gasteiger partial charge in [0.1, 0.15) is 21.4 Å². The second-order valence-corrected chi connectivity index (χ2v) is 9.46. The Balaban J connectivity index is 1.70. The van der Waals surface area contributed by atoms with Crippen LogP contribution in [0.5, 0.6) is 0 Å². The molecule has 0 aliphatic rings. The molecule has 0 fully saturated rings. The molecule has 0 bridgehead atoms. The number of benzene rings is 1. The van der Waals surface area contributed by atoms with Crippen molar-refractivity contribution in [3.05, 3.63) is 64.1 Å². The number of carbonyl (C=O) groups excluding carboxylic acids is 1. The topological polar surface area (TPSA) is 101 Å². The highest BCUT2D eigenvalue weighted by molar-refractivity contribution is 7.91. The summed E-state index contributed by atoms with van der Waals surface area (Å²) in [5, 5.41) is 6.59. The maximum absolute atomic E-state index is 13.0. The first-order valence-electron chi connectivity index (χ1n) is 9.06. The Labute approximate surface area is 177 Å². The molecular formula is C20H20FN3O4S2. The minimum atomic E-state index is -3.71. The van der Waals surface area contributed by atoms with Gasteiger partial charge in [0.25, 0.3) is 0 Å². The second-order valence-electron chi connectivity index (χ2n) is 6.35. The lowest BCUT2D eigenvalue weighted by atomic mass is 10.2. The highest BCUT2D eigenvalue weighted by atomic mass is 32.2. The van der Waals surface area contributed by atoms with Crippen LogP contribution < -0.4 is 10.0 Å². The van der Waals surface area contributed by atoms with E-state index in [0.717, 1.165) is 11.3 Å². The number of hydrogen-bond acceptors (Lipinski definition) is 6. The Kier molecular flexibility index (Phi) is 6.80. The Morgan fingerprint density at radius 1 is 1.20 bits per heavy atom. The number of aryl methyl sites for hydroxylation is 1. The average molecular weight is 450 g/mol. The van der Waals surface area contributed by atoms with Crippen molar-refractivity contribution in [2.24, 2.45) is 0 Å². The predicted octanol–water partition coefficient (Wildman–Crippen LogP) is 4.18. The van der Waals surface area contributed by atoms with Crippen molar-refractivity contribution in [2.75, 3.05) is 5.32 Å². The van der Waals surface area contributed by atoms with E-state index in [0.29, 0.717) is 34.0 Å². The van der Waals surface area contributed by atoms with Crippen LogP contribution in [0.15, 0.2) is 45.1 Å². The van der Waals surface area contributed by atoms with Crippen molar-refractivity contribution in [1.82, 2.24) is 9.88 Å². The van der Waals surface area contributed by atoms with Gasteiger partial charge < -0.3 is 9.84 Å². The lowest BCUT2D eigenvalue weighted by molar-refractivity contribution is -0.115. The molecule has 3 aromatic rings. The van der Waals surface area contributed by atoms with Gasteiger partial charge in [0.2, 0.25) is 15.9 Å². The molecule has 0 radical (unpaired) electrons. The van der Waals surface area contributed by atoms with Gasteiger partial charge in [-0.1, -0.05) is 24.2 Å². The highest BCUT2D eigenvalue weighted by Crippen LogP contribution is 2.26. The van der Waals surface area contributed by atoms with Crippen LogP contribution in [-0.2, 0) is 21.4 Å². The summed E-state index contributed by atoms with van der Waals surface area (Å²) < 4.78 is 45.8. The Morgan fingerprint density at radius 3 is 2.63 bits per heavy atom. The van der Waals surface area contributed by atoms with E-state index < -0.39 is 10.0 Å². The maximum atomic E-state index is 13.0. The number of rotatable bonds is 8. The molecule has 1 aromatic carbocycles. The summed E-state index contributed by atoms with van der Waals surface area (Å²) >= 11 is 1.08. The SMILES string of the molecule is CCC(=O)Nc1c(C)noc1C=Cc1ccc(S(=O)(=O)NCc2ccc(F)cc2)s1. The average Bonchev–Trinajstić information content (AvgIpc) is 3.34. The van der Waals surface area contributed by atoms with Gasteiger partial charge in [0, 0.05) is 17.8 Å². The largest absolute Gasteiger partial charge is 0.354 e. The quantitative estimate of drug-likeness (QED) is 0.537. The summed E-state index contributed by atoms with van der Waals surface area (Å²) in [6.45, 7) is 3.52. The summed E-state index contributed by atoms with van der Waals surface area (Å²) in [5.41, 5.74) is 1.69. The molecule has 2 aromatic heterocycles. The number of anilines is 1. The van der Waals surface area contributed by atoms with Gasteiger partial charge in [-0.05, 0) is 48.9 Å². The van der Waals surface area contributed by atoms with Gasteiger partial charge in [-0.3, -0.25) is 4.79 Å². The van der Waals surface area contributed by atoms with Gasteiger partial charge in [-0.2, -0.15) is 0 Å². The monoisotopic (exact) mass is 449 g/mol. The smallest absolute Gasteiger partial charge is 0.250 e. The minimum Gasteiger partial charge on any atom is -0.354 e. The predicted molar refractivity (Wildman–Crippen MR) is 114 cm³/mol. The third kappa shape index (κ3) is 5.41. The second kappa shape index (κ2) is 9.33. The molecule has 0 atom stereocenters. The lowest BCUT2D eigenvalue weighted by Crippen LogP contribution is -2.22. The fourth-order valence-electron chi connectivity index (χ4n) is 2.46. The zero-order chi connectivity index (χ0) is 21.7. The fraction of sp³-hybridized carbons (Fsp3) is 0.200. The number of amides is 1. The molecule has 7 nitrogen and oxygen atoms in total. The van der Waals surface area contributed by atoms with Gasteiger partial charge in [0.15, 0.2) is 5.76 Å². The number of nitrogens with one attached hydrogen (secondary N) is 2. The van der Waals surface area contributed by atoms with E-state index in [1.807, 2.05) is 0 Å². The van der Waals surface area contributed by atoms with Crippen molar-refractivity contribution in [3.8, 4) is 0 Å². The molecule has 0 aliphatic carbocycles. The van der Waals surface area contributed by atoms with E-state index in [4.69, 9.17) is 4.52 Å². The molecule has 10 heteroatoms. The van der Waals surface area contributed by atoms with Crippen LogP contribution in [0.3, 0.4) is 0 Å². The van der Waals surface area contributed by atoms with Crippen LogP contribution in [0, 0.1) is 12.7 Å². The van der Waals surface area contributed by atoms with Gasteiger partial charge >= 0.3 is 0 Å². The Hall–Kier alpha value is -2.82. The molecule has 1 amide bonds. The van der Waals surface area contributed by atoms with Crippen LogP contribution in [-0.4, -0.2) is 19.5 Å². The molecule has 0 unspecified atom stereocenters. The summed E-state index contributed by atoms with van der Waals surface area (Å²) in [6.07, 6.45) is 3.63. The third-order valence-corrected chi connectivity index (χ3v) is 7.06. The first kappa shape index (κ1) is 21.9. The molecule has 0 aliphatic heterocycles. The number of carbonyl (C=O) groups is 1. The van der Waals surface area contributed by atoms with E-state index in [2.05, 4.69) is 15.2 Å². The first-order chi connectivity index (χ1) is 14.3. The number of halogens is 1. The molecule has 2 N–H and O–H groups in total. The third-order valence-electron chi connectivity index (χ3n) is 4.12. The van der Waals surface area contributed by atoms with Crippen LogP contribution in [0.1, 0.15) is 35.2 Å². The zero-order valence-electron chi connectivity index (χ0n) is 16.3. The summed E-state index contributed by atoms with van der Waals surface area (Å²) in [7, 11) is -3.71. The van der Waals surface area contributed by atoms with E-state index in [1.54, 1.807) is 32.1 Å². The molecule has 158 valence electrons. The van der Waals surface area contributed by atoms with Gasteiger partial charge in [-0.25, -0.2) is 17.5 Å². The van der Waals surface area contributed by atoms with E-state index in [9.17, 15) is 17.6 Å². The standard InChI is InChI=1S/C20H20FN3O4S2/c1-3-18(25)23-20-13(2)24-28-17(20)10-8-16-9-11-19(29-16)30(26,27)22-12-14-4-6-15(21)7-5-14/h4-11,22H,3,12H2,1-2H3,(H,23,25). The van der Waals surface area contributed by atoms with Crippen LogP contribution >= 0.6 is 11.3 Å². The van der Waals surface area contributed by atoms with Crippen molar-refractivity contribution in [3.63, 3.8) is 0 Å². The van der Waals surface area contributed by atoms with E-state index >= 15 is 0 Å². The van der Waals surface area contributed by atoms with Crippen molar-refractivity contribution < 1.29 is 22.1 Å². The fourth-order valence-corrected chi connectivity index (χ4v) is 4.75. The highest BCUT2D eigenvalue weighted by Gasteiger charge is 2.17. The first-order valence-corrected chi connectivity index (χ1v) is 11.4. The number of thiophene rings is 1. The summed E-state index contributed by atoms with van der Waals surface area (Å²) in [4.78, 5) is 12.3. The summed E-state index contributed by atoms with van der Waals surface area (Å²) in [6, 6.07) is 8.77.